The minimum absolute atomic E-state index is 0.376. The Morgan fingerprint density at radius 2 is 1.77 bits per heavy atom. The topological polar surface area (TPSA) is 21.6 Å². The van der Waals surface area contributed by atoms with Crippen molar-refractivity contribution >= 4 is 23.0 Å². The van der Waals surface area contributed by atoms with Crippen LogP contribution in [0.4, 0.5) is 0 Å². The summed E-state index contributed by atoms with van der Waals surface area (Å²) in [6.45, 7) is 7.05. The van der Waals surface area contributed by atoms with Crippen LogP contribution in [0.3, 0.4) is 0 Å². The minimum atomic E-state index is 0.376. The standard InChI is InChI=1S/C25H29NOS.C3H8/c1-2-27-24-11-10-18(14-22(24)17-8-9-17)19-15-23-21(12-13-26-23)25(16-19)28-20-6-4-3-5-7-20;1-3-2/h10-17,20-21H,2-9H2,1H3;3H2,1-2H3. The Morgan fingerprint density at radius 1 is 1.00 bits per heavy atom. The Morgan fingerprint density at radius 3 is 2.48 bits per heavy atom. The van der Waals surface area contributed by atoms with Gasteiger partial charge in [-0.25, -0.2) is 0 Å². The zero-order valence-electron chi connectivity index (χ0n) is 19.4. The van der Waals surface area contributed by atoms with Gasteiger partial charge in [0.25, 0.3) is 0 Å². The number of allylic oxidation sites excluding steroid dienone is 5. The second-order valence-electron chi connectivity index (χ2n) is 9.06. The van der Waals surface area contributed by atoms with Crippen molar-refractivity contribution in [3.8, 4) is 5.75 Å². The molecule has 3 aliphatic carbocycles. The first-order valence-electron chi connectivity index (χ1n) is 12.3. The van der Waals surface area contributed by atoms with Crippen molar-refractivity contribution in [3.05, 3.63) is 58.7 Å². The lowest BCUT2D eigenvalue weighted by atomic mass is 9.90. The van der Waals surface area contributed by atoms with Gasteiger partial charge in [-0.1, -0.05) is 51.7 Å². The van der Waals surface area contributed by atoms with E-state index in [1.54, 1.807) is 0 Å². The van der Waals surface area contributed by atoms with Gasteiger partial charge in [-0.2, -0.15) is 0 Å². The molecular formula is C28H37NOS. The molecule has 0 N–H and O–H groups in total. The average molecular weight is 436 g/mol. The van der Waals surface area contributed by atoms with Crippen LogP contribution in [0.2, 0.25) is 0 Å². The third-order valence-corrected chi connectivity index (χ3v) is 7.69. The lowest BCUT2D eigenvalue weighted by molar-refractivity contribution is 0.336. The molecule has 1 aromatic rings. The molecule has 0 saturated heterocycles. The Balaban J connectivity index is 0.000000730. The summed E-state index contributed by atoms with van der Waals surface area (Å²) in [6, 6.07) is 6.78. The van der Waals surface area contributed by atoms with Crippen molar-refractivity contribution in [2.24, 2.45) is 10.9 Å². The van der Waals surface area contributed by atoms with E-state index in [4.69, 9.17) is 4.74 Å². The summed E-state index contributed by atoms with van der Waals surface area (Å²) in [6.07, 6.45) is 19.7. The van der Waals surface area contributed by atoms with E-state index in [2.05, 4.69) is 74.0 Å². The Labute approximate surface area is 193 Å². The monoisotopic (exact) mass is 435 g/mol. The van der Waals surface area contributed by atoms with Crippen LogP contribution < -0.4 is 4.74 Å². The molecule has 1 aromatic carbocycles. The predicted molar refractivity (Wildman–Crippen MR) is 136 cm³/mol. The van der Waals surface area contributed by atoms with Gasteiger partial charge >= 0.3 is 0 Å². The summed E-state index contributed by atoms with van der Waals surface area (Å²) in [4.78, 5) is 6.16. The Hall–Kier alpha value is -1.74. The lowest BCUT2D eigenvalue weighted by Gasteiger charge is -2.27. The molecule has 0 amide bonds. The molecule has 2 nitrogen and oxygen atoms in total. The highest BCUT2D eigenvalue weighted by Crippen LogP contribution is 2.46. The zero-order valence-corrected chi connectivity index (χ0v) is 20.2. The van der Waals surface area contributed by atoms with E-state index in [9.17, 15) is 0 Å². The van der Waals surface area contributed by atoms with Gasteiger partial charge in [-0.05, 0) is 84.4 Å². The number of nitrogens with zero attached hydrogens (tertiary/aromatic N) is 1. The molecule has 1 heterocycles. The van der Waals surface area contributed by atoms with Crippen LogP contribution >= 0.6 is 11.8 Å². The normalized spacial score (nSPS) is 22.7. The number of benzene rings is 1. The predicted octanol–water partition coefficient (Wildman–Crippen LogP) is 8.31. The van der Waals surface area contributed by atoms with Crippen LogP contribution in [0.25, 0.3) is 5.57 Å². The summed E-state index contributed by atoms with van der Waals surface area (Å²) >= 11 is 2.11. The van der Waals surface area contributed by atoms with E-state index in [1.165, 1.54) is 78.7 Å². The van der Waals surface area contributed by atoms with E-state index in [1.807, 2.05) is 6.20 Å². The highest BCUT2D eigenvalue weighted by Gasteiger charge is 2.30. The van der Waals surface area contributed by atoms with Crippen LogP contribution in [-0.4, -0.2) is 17.6 Å². The van der Waals surface area contributed by atoms with Gasteiger partial charge in [0.1, 0.15) is 5.75 Å². The smallest absolute Gasteiger partial charge is 0.122 e. The third-order valence-electron chi connectivity index (χ3n) is 6.24. The molecule has 2 saturated carbocycles. The molecule has 4 aliphatic rings. The lowest BCUT2D eigenvalue weighted by Crippen LogP contribution is -2.16. The molecular weight excluding hydrogens is 398 g/mol. The molecule has 0 spiro atoms. The largest absolute Gasteiger partial charge is 0.494 e. The van der Waals surface area contributed by atoms with Gasteiger partial charge in [0, 0.05) is 11.4 Å². The van der Waals surface area contributed by atoms with E-state index in [-0.39, 0.29) is 0 Å². The highest BCUT2D eigenvalue weighted by molar-refractivity contribution is 8.03. The van der Waals surface area contributed by atoms with E-state index < -0.39 is 0 Å². The van der Waals surface area contributed by atoms with Gasteiger partial charge in [0.2, 0.25) is 0 Å². The number of rotatable bonds is 6. The summed E-state index contributed by atoms with van der Waals surface area (Å²) in [5, 5.41) is 0.775. The van der Waals surface area contributed by atoms with Crippen molar-refractivity contribution in [2.75, 3.05) is 6.61 Å². The molecule has 0 radical (unpaired) electrons. The second kappa shape index (κ2) is 10.7. The summed E-state index contributed by atoms with van der Waals surface area (Å²) in [5.74, 6) is 2.13. The van der Waals surface area contributed by atoms with Crippen LogP contribution in [0, 0.1) is 5.92 Å². The van der Waals surface area contributed by atoms with Crippen molar-refractivity contribution in [3.63, 3.8) is 0 Å². The van der Waals surface area contributed by atoms with E-state index >= 15 is 0 Å². The molecule has 5 rings (SSSR count). The molecule has 2 fully saturated rings. The van der Waals surface area contributed by atoms with Gasteiger partial charge in [-0.3, -0.25) is 4.99 Å². The number of hydrogen-bond acceptors (Lipinski definition) is 3. The molecule has 1 atom stereocenters. The van der Waals surface area contributed by atoms with Gasteiger partial charge in [0.05, 0.1) is 18.2 Å². The maximum Gasteiger partial charge on any atom is 0.122 e. The number of aliphatic imine (C=N–C) groups is 1. The first kappa shape index (κ1) is 22.5. The summed E-state index contributed by atoms with van der Waals surface area (Å²) in [7, 11) is 0. The fourth-order valence-corrected chi connectivity index (χ4v) is 6.08. The second-order valence-corrected chi connectivity index (χ2v) is 10.4. The quantitative estimate of drug-likeness (QED) is 0.448. The summed E-state index contributed by atoms with van der Waals surface area (Å²) < 4.78 is 5.90. The molecule has 1 aliphatic heterocycles. The molecule has 31 heavy (non-hydrogen) atoms. The average Bonchev–Trinajstić information content (AvgIpc) is 3.52. The van der Waals surface area contributed by atoms with E-state index in [0.29, 0.717) is 11.8 Å². The molecule has 3 heteroatoms. The summed E-state index contributed by atoms with van der Waals surface area (Å²) in [5.41, 5.74) is 5.21. The number of hydrogen-bond donors (Lipinski definition) is 0. The van der Waals surface area contributed by atoms with Crippen molar-refractivity contribution < 1.29 is 4.74 Å². The zero-order chi connectivity index (χ0) is 21.6. The first-order chi connectivity index (χ1) is 15.2. The van der Waals surface area contributed by atoms with Crippen LogP contribution in [0.15, 0.2) is 52.5 Å². The van der Waals surface area contributed by atoms with Crippen LogP contribution in [0.1, 0.15) is 89.2 Å². The van der Waals surface area contributed by atoms with Gasteiger partial charge in [0.15, 0.2) is 0 Å². The molecule has 166 valence electrons. The van der Waals surface area contributed by atoms with Gasteiger partial charge in [-0.15, -0.1) is 11.8 Å². The fourth-order valence-electron chi connectivity index (χ4n) is 4.58. The minimum Gasteiger partial charge on any atom is -0.494 e. The van der Waals surface area contributed by atoms with E-state index in [0.717, 1.165) is 17.6 Å². The van der Waals surface area contributed by atoms with Gasteiger partial charge < -0.3 is 4.74 Å². The maximum atomic E-state index is 5.90. The Bertz CT molecular complexity index is 884. The first-order valence-corrected chi connectivity index (χ1v) is 13.2. The highest BCUT2D eigenvalue weighted by atomic mass is 32.2. The number of ether oxygens (including phenoxy) is 1. The number of thioether (sulfide) groups is 1. The van der Waals surface area contributed by atoms with Crippen molar-refractivity contribution in [1.82, 2.24) is 0 Å². The molecule has 0 bridgehead atoms. The maximum absolute atomic E-state index is 5.90. The number of fused-ring (bicyclic) bond motifs is 1. The Kier molecular flexibility index (Phi) is 7.76. The molecule has 1 unspecified atom stereocenters. The van der Waals surface area contributed by atoms with Crippen LogP contribution in [0.5, 0.6) is 5.75 Å². The van der Waals surface area contributed by atoms with Crippen molar-refractivity contribution in [1.29, 1.82) is 0 Å². The SMILES string of the molecule is CCC.CCOc1ccc(C2=CC3=NC=CC3C(SC3CCCCC3)=C2)cc1C1CC1. The fraction of sp³-hybridized carbons (Fsp3) is 0.536. The van der Waals surface area contributed by atoms with Crippen molar-refractivity contribution in [2.45, 2.75) is 83.3 Å². The molecule has 0 aromatic heterocycles. The van der Waals surface area contributed by atoms with Crippen LogP contribution in [-0.2, 0) is 0 Å². The third kappa shape index (κ3) is 5.55.